The molecule has 0 heterocycles. The summed E-state index contributed by atoms with van der Waals surface area (Å²) >= 11 is 5.84. The molecule has 3 N–H and O–H groups in total. The van der Waals surface area contributed by atoms with Crippen LogP contribution in [0.5, 0.6) is 0 Å². The highest BCUT2D eigenvalue weighted by atomic mass is 35.5. The van der Waals surface area contributed by atoms with Crippen LogP contribution in [0.4, 0.5) is 5.69 Å². The number of halogens is 1. The number of anilines is 1. The minimum Gasteiger partial charge on any atom is -0.398 e. The van der Waals surface area contributed by atoms with Crippen molar-refractivity contribution in [2.75, 3.05) is 26.0 Å². The number of nitrogens with two attached hydrogens (primary N) is 1. The van der Waals surface area contributed by atoms with Crippen molar-refractivity contribution in [3.8, 4) is 0 Å². The number of nitrogens with one attached hydrogen (secondary N) is 1. The molecule has 94 valence electrons. The lowest BCUT2D eigenvalue weighted by atomic mass is 10.2. The van der Waals surface area contributed by atoms with Crippen LogP contribution in [0.1, 0.15) is 23.2 Å². The van der Waals surface area contributed by atoms with E-state index in [0.29, 0.717) is 29.4 Å². The predicted molar refractivity (Wildman–Crippen MR) is 69.3 cm³/mol. The van der Waals surface area contributed by atoms with Crippen molar-refractivity contribution in [3.05, 3.63) is 28.8 Å². The summed E-state index contributed by atoms with van der Waals surface area (Å²) in [4.78, 5) is 11.7. The van der Waals surface area contributed by atoms with Gasteiger partial charge < -0.3 is 15.8 Å². The molecular formula is C12H17ClN2O2. The van der Waals surface area contributed by atoms with Crippen LogP contribution >= 0.6 is 11.6 Å². The van der Waals surface area contributed by atoms with Crippen molar-refractivity contribution in [1.29, 1.82) is 0 Å². The molecule has 0 aliphatic rings. The van der Waals surface area contributed by atoms with Gasteiger partial charge >= 0.3 is 0 Å². The Kier molecular flexibility index (Phi) is 5.80. The molecule has 0 aliphatic heterocycles. The van der Waals surface area contributed by atoms with Crippen molar-refractivity contribution in [2.24, 2.45) is 0 Å². The molecule has 0 bridgehead atoms. The fourth-order valence-corrected chi connectivity index (χ4v) is 1.52. The maximum Gasteiger partial charge on any atom is 0.251 e. The second-order valence-electron chi connectivity index (χ2n) is 3.69. The first-order valence-electron chi connectivity index (χ1n) is 5.47. The van der Waals surface area contributed by atoms with Gasteiger partial charge in [-0.2, -0.15) is 0 Å². The van der Waals surface area contributed by atoms with Crippen LogP contribution in [-0.4, -0.2) is 26.2 Å². The second kappa shape index (κ2) is 7.14. The summed E-state index contributed by atoms with van der Waals surface area (Å²) in [6.45, 7) is 1.34. The number of carbonyl (C=O) groups is 1. The van der Waals surface area contributed by atoms with E-state index < -0.39 is 0 Å². The van der Waals surface area contributed by atoms with Crippen molar-refractivity contribution in [3.63, 3.8) is 0 Å². The number of rotatable bonds is 6. The average Bonchev–Trinajstić information content (AvgIpc) is 2.32. The van der Waals surface area contributed by atoms with E-state index in [4.69, 9.17) is 22.1 Å². The third-order valence-electron chi connectivity index (χ3n) is 2.32. The minimum absolute atomic E-state index is 0.135. The van der Waals surface area contributed by atoms with Gasteiger partial charge in [-0.05, 0) is 31.0 Å². The van der Waals surface area contributed by atoms with Crippen molar-refractivity contribution in [2.45, 2.75) is 12.8 Å². The number of benzene rings is 1. The summed E-state index contributed by atoms with van der Waals surface area (Å²) in [5.74, 6) is -0.135. The van der Waals surface area contributed by atoms with Crippen LogP contribution in [0, 0.1) is 0 Å². The molecular weight excluding hydrogens is 240 g/mol. The van der Waals surface area contributed by atoms with Crippen molar-refractivity contribution in [1.82, 2.24) is 5.32 Å². The second-order valence-corrected chi connectivity index (χ2v) is 4.10. The number of nitrogen functional groups attached to an aromatic ring is 1. The zero-order chi connectivity index (χ0) is 12.7. The average molecular weight is 257 g/mol. The van der Waals surface area contributed by atoms with Crippen molar-refractivity contribution < 1.29 is 9.53 Å². The van der Waals surface area contributed by atoms with E-state index >= 15 is 0 Å². The molecule has 1 amide bonds. The molecule has 17 heavy (non-hydrogen) atoms. The minimum atomic E-state index is -0.135. The van der Waals surface area contributed by atoms with E-state index in [-0.39, 0.29) is 5.91 Å². The van der Waals surface area contributed by atoms with Crippen molar-refractivity contribution >= 4 is 23.2 Å². The highest BCUT2D eigenvalue weighted by Gasteiger charge is 2.06. The van der Waals surface area contributed by atoms with Gasteiger partial charge in [-0.1, -0.05) is 11.6 Å². The molecule has 1 aromatic rings. The van der Waals surface area contributed by atoms with Gasteiger partial charge in [-0.25, -0.2) is 0 Å². The summed E-state index contributed by atoms with van der Waals surface area (Å²) in [7, 11) is 1.66. The van der Waals surface area contributed by atoms with Gasteiger partial charge in [0.25, 0.3) is 5.91 Å². The highest BCUT2D eigenvalue weighted by Crippen LogP contribution is 2.19. The Balaban J connectivity index is 2.39. The van der Waals surface area contributed by atoms with Gasteiger partial charge in [-0.15, -0.1) is 0 Å². The Morgan fingerprint density at radius 2 is 2.24 bits per heavy atom. The summed E-state index contributed by atoms with van der Waals surface area (Å²) in [5.41, 5.74) is 6.57. The zero-order valence-electron chi connectivity index (χ0n) is 9.83. The summed E-state index contributed by atoms with van der Waals surface area (Å²) in [5, 5.41) is 3.21. The Hall–Kier alpha value is -1.26. The van der Waals surface area contributed by atoms with Crippen LogP contribution < -0.4 is 11.1 Å². The van der Waals surface area contributed by atoms with Gasteiger partial charge in [0, 0.05) is 25.8 Å². The van der Waals surface area contributed by atoms with E-state index in [0.717, 1.165) is 12.8 Å². The third-order valence-corrected chi connectivity index (χ3v) is 2.65. The lowest BCUT2D eigenvalue weighted by Gasteiger charge is -2.06. The number of hydrogen-bond donors (Lipinski definition) is 2. The highest BCUT2D eigenvalue weighted by molar-refractivity contribution is 6.33. The molecule has 0 saturated heterocycles. The molecule has 1 rings (SSSR count). The predicted octanol–water partition coefficient (Wildman–Crippen LogP) is 2.08. The van der Waals surface area contributed by atoms with Crippen LogP contribution in [-0.2, 0) is 4.74 Å². The monoisotopic (exact) mass is 256 g/mol. The first-order chi connectivity index (χ1) is 8.15. The largest absolute Gasteiger partial charge is 0.398 e. The Labute approximate surface area is 106 Å². The molecule has 0 spiro atoms. The molecule has 0 atom stereocenters. The molecule has 0 aliphatic carbocycles. The molecule has 0 unspecified atom stereocenters. The summed E-state index contributed by atoms with van der Waals surface area (Å²) in [6, 6.07) is 4.86. The van der Waals surface area contributed by atoms with Gasteiger partial charge in [-0.3, -0.25) is 4.79 Å². The quantitative estimate of drug-likeness (QED) is 0.605. The number of carbonyl (C=O) groups excluding carboxylic acids is 1. The Morgan fingerprint density at radius 1 is 1.47 bits per heavy atom. The summed E-state index contributed by atoms with van der Waals surface area (Å²) in [6.07, 6.45) is 1.82. The summed E-state index contributed by atoms with van der Waals surface area (Å²) < 4.78 is 4.92. The molecule has 0 aromatic heterocycles. The molecule has 0 fully saturated rings. The van der Waals surface area contributed by atoms with Gasteiger partial charge in [0.15, 0.2) is 0 Å². The number of amides is 1. The molecule has 0 radical (unpaired) electrons. The maximum absolute atomic E-state index is 11.7. The zero-order valence-corrected chi connectivity index (χ0v) is 10.6. The van der Waals surface area contributed by atoms with E-state index in [1.165, 1.54) is 0 Å². The Bertz CT molecular complexity index is 383. The third kappa shape index (κ3) is 4.63. The Morgan fingerprint density at radius 3 is 2.88 bits per heavy atom. The van der Waals surface area contributed by atoms with Crippen LogP contribution in [0.3, 0.4) is 0 Å². The van der Waals surface area contributed by atoms with Gasteiger partial charge in [0.2, 0.25) is 0 Å². The van der Waals surface area contributed by atoms with E-state index in [1.54, 1.807) is 25.3 Å². The van der Waals surface area contributed by atoms with E-state index in [2.05, 4.69) is 5.32 Å². The smallest absolute Gasteiger partial charge is 0.251 e. The first kappa shape index (κ1) is 13.8. The van der Waals surface area contributed by atoms with Crippen LogP contribution in [0.25, 0.3) is 0 Å². The van der Waals surface area contributed by atoms with E-state index in [9.17, 15) is 4.79 Å². The van der Waals surface area contributed by atoms with Crippen LogP contribution in [0.15, 0.2) is 18.2 Å². The maximum atomic E-state index is 11.7. The molecule has 1 aromatic carbocycles. The lowest BCUT2D eigenvalue weighted by molar-refractivity contribution is 0.0951. The van der Waals surface area contributed by atoms with Gasteiger partial charge in [0.05, 0.1) is 10.7 Å². The van der Waals surface area contributed by atoms with Crippen LogP contribution in [0.2, 0.25) is 5.02 Å². The normalized spacial score (nSPS) is 10.2. The lowest BCUT2D eigenvalue weighted by Crippen LogP contribution is -2.24. The van der Waals surface area contributed by atoms with E-state index in [1.807, 2.05) is 0 Å². The number of hydrogen-bond acceptors (Lipinski definition) is 3. The standard InChI is InChI=1S/C12H17ClN2O2/c1-17-7-3-2-6-15-12(16)9-4-5-11(14)10(13)8-9/h4-5,8H,2-3,6-7,14H2,1H3,(H,15,16). The number of methoxy groups -OCH3 is 1. The number of unbranched alkanes of at least 4 members (excludes halogenated alkanes) is 1. The molecule has 5 heteroatoms. The topological polar surface area (TPSA) is 64.3 Å². The first-order valence-corrected chi connectivity index (χ1v) is 5.85. The number of ether oxygens (including phenoxy) is 1. The van der Waals surface area contributed by atoms with Gasteiger partial charge in [0.1, 0.15) is 0 Å². The molecule has 0 saturated carbocycles. The SMILES string of the molecule is COCCCCNC(=O)c1ccc(N)c(Cl)c1. The molecule has 4 nitrogen and oxygen atoms in total. The fraction of sp³-hybridized carbons (Fsp3) is 0.417. The fourth-order valence-electron chi connectivity index (χ4n) is 1.34.